The zero-order valence-corrected chi connectivity index (χ0v) is 9.96. The average molecular weight is 209 g/mol. The number of hydrogen-bond donors (Lipinski definition) is 1. The van der Waals surface area contributed by atoms with Crippen molar-refractivity contribution in [1.29, 1.82) is 0 Å². The van der Waals surface area contributed by atoms with Crippen LogP contribution in [0.5, 0.6) is 0 Å². The number of rotatable bonds is 3. The molecule has 1 saturated heterocycles. The molecule has 2 nitrogen and oxygen atoms in total. The Morgan fingerprint density at radius 1 is 1.33 bits per heavy atom. The summed E-state index contributed by atoms with van der Waals surface area (Å²) in [6.45, 7) is 4.25. The van der Waals surface area contributed by atoms with Crippen molar-refractivity contribution >= 4 is 5.78 Å². The predicted octanol–water partition coefficient (Wildman–Crippen LogP) is 2.52. The molecule has 0 amide bonds. The van der Waals surface area contributed by atoms with Crippen LogP contribution in [-0.2, 0) is 4.79 Å². The number of ketones is 1. The summed E-state index contributed by atoms with van der Waals surface area (Å²) in [6.07, 6.45) is 7.19. The van der Waals surface area contributed by atoms with Crippen molar-refractivity contribution in [2.75, 3.05) is 0 Å². The lowest BCUT2D eigenvalue weighted by atomic mass is 9.84. The van der Waals surface area contributed by atoms with E-state index >= 15 is 0 Å². The largest absolute Gasteiger partial charge is 0.304 e. The minimum atomic E-state index is 0.181. The van der Waals surface area contributed by atoms with E-state index in [1.807, 2.05) is 0 Å². The average Bonchev–Trinajstić information content (AvgIpc) is 2.59. The van der Waals surface area contributed by atoms with E-state index in [0.717, 1.165) is 18.8 Å². The van der Waals surface area contributed by atoms with Crippen LogP contribution in [0.1, 0.15) is 52.4 Å². The van der Waals surface area contributed by atoms with Crippen LogP contribution in [0.25, 0.3) is 0 Å². The molecule has 1 heterocycles. The molecule has 1 aliphatic heterocycles. The van der Waals surface area contributed by atoms with Crippen LogP contribution in [0.3, 0.4) is 0 Å². The molecule has 2 heteroatoms. The number of nitrogens with one attached hydrogen (secondary N) is 1. The molecule has 0 aromatic rings. The lowest BCUT2D eigenvalue weighted by molar-refractivity contribution is -0.121. The third kappa shape index (κ3) is 2.60. The minimum Gasteiger partial charge on any atom is -0.304 e. The van der Waals surface area contributed by atoms with Crippen molar-refractivity contribution in [2.45, 2.75) is 64.5 Å². The first-order valence-corrected chi connectivity index (χ1v) is 6.45. The van der Waals surface area contributed by atoms with Crippen LogP contribution in [-0.4, -0.2) is 17.9 Å². The van der Waals surface area contributed by atoms with Gasteiger partial charge < -0.3 is 5.32 Å². The van der Waals surface area contributed by atoms with Crippen LogP contribution in [0.4, 0.5) is 0 Å². The molecule has 2 aliphatic rings. The Bertz CT molecular complexity index is 223. The fourth-order valence-electron chi connectivity index (χ4n) is 3.11. The fourth-order valence-corrected chi connectivity index (χ4v) is 3.11. The van der Waals surface area contributed by atoms with Gasteiger partial charge in [0.15, 0.2) is 0 Å². The summed E-state index contributed by atoms with van der Waals surface area (Å²) in [4.78, 5) is 11.9. The SMILES string of the molecule is CC(C)CC(=O)C1CC2CCCCC2N1. The van der Waals surface area contributed by atoms with E-state index in [9.17, 15) is 4.79 Å². The first-order valence-electron chi connectivity index (χ1n) is 6.45. The van der Waals surface area contributed by atoms with Gasteiger partial charge >= 0.3 is 0 Å². The van der Waals surface area contributed by atoms with E-state index in [0.29, 0.717) is 17.7 Å². The van der Waals surface area contributed by atoms with E-state index in [1.165, 1.54) is 25.7 Å². The van der Waals surface area contributed by atoms with Gasteiger partial charge in [0.25, 0.3) is 0 Å². The Kier molecular flexibility index (Phi) is 3.45. The summed E-state index contributed by atoms with van der Waals surface area (Å²) in [5, 5.41) is 3.55. The highest BCUT2D eigenvalue weighted by atomic mass is 16.1. The van der Waals surface area contributed by atoms with E-state index in [1.54, 1.807) is 0 Å². The topological polar surface area (TPSA) is 29.1 Å². The molecule has 0 bridgehead atoms. The van der Waals surface area contributed by atoms with Gasteiger partial charge in [-0.15, -0.1) is 0 Å². The Labute approximate surface area is 92.8 Å². The maximum atomic E-state index is 11.9. The first-order chi connectivity index (χ1) is 7.16. The molecule has 0 aromatic heterocycles. The Balaban J connectivity index is 1.88. The summed E-state index contributed by atoms with van der Waals surface area (Å²) in [5.41, 5.74) is 0. The molecule has 1 N–H and O–H groups in total. The molecular weight excluding hydrogens is 186 g/mol. The van der Waals surface area contributed by atoms with Crippen molar-refractivity contribution in [3.63, 3.8) is 0 Å². The smallest absolute Gasteiger partial charge is 0.150 e. The molecule has 0 radical (unpaired) electrons. The Morgan fingerprint density at radius 3 is 2.73 bits per heavy atom. The van der Waals surface area contributed by atoms with E-state index in [-0.39, 0.29) is 6.04 Å². The molecule has 2 rings (SSSR count). The van der Waals surface area contributed by atoms with Crippen molar-refractivity contribution in [3.8, 4) is 0 Å². The monoisotopic (exact) mass is 209 g/mol. The Hall–Kier alpha value is -0.370. The van der Waals surface area contributed by atoms with E-state index in [4.69, 9.17) is 0 Å². The zero-order chi connectivity index (χ0) is 10.8. The number of hydrogen-bond acceptors (Lipinski definition) is 2. The van der Waals surface area contributed by atoms with Crippen LogP contribution in [0.2, 0.25) is 0 Å². The predicted molar refractivity (Wildman–Crippen MR) is 61.7 cm³/mol. The molecule has 2 fully saturated rings. The van der Waals surface area contributed by atoms with E-state index in [2.05, 4.69) is 19.2 Å². The highest BCUT2D eigenvalue weighted by molar-refractivity contribution is 5.84. The molecule has 0 aromatic carbocycles. The maximum absolute atomic E-state index is 11.9. The summed E-state index contributed by atoms with van der Waals surface area (Å²) >= 11 is 0. The molecule has 15 heavy (non-hydrogen) atoms. The van der Waals surface area contributed by atoms with Gasteiger partial charge in [-0.2, -0.15) is 0 Å². The zero-order valence-electron chi connectivity index (χ0n) is 9.96. The summed E-state index contributed by atoms with van der Waals surface area (Å²) in [7, 11) is 0. The second-order valence-corrected chi connectivity index (χ2v) is 5.67. The van der Waals surface area contributed by atoms with Gasteiger partial charge in [-0.05, 0) is 31.1 Å². The molecule has 1 aliphatic carbocycles. The van der Waals surface area contributed by atoms with Crippen molar-refractivity contribution in [3.05, 3.63) is 0 Å². The highest BCUT2D eigenvalue weighted by Crippen LogP contribution is 2.33. The third-order valence-corrected chi connectivity index (χ3v) is 3.86. The van der Waals surface area contributed by atoms with Gasteiger partial charge in [-0.3, -0.25) is 4.79 Å². The van der Waals surface area contributed by atoms with Gasteiger partial charge in [-0.1, -0.05) is 26.7 Å². The van der Waals surface area contributed by atoms with Crippen LogP contribution in [0.15, 0.2) is 0 Å². The third-order valence-electron chi connectivity index (χ3n) is 3.86. The van der Waals surface area contributed by atoms with Gasteiger partial charge in [0.2, 0.25) is 0 Å². The van der Waals surface area contributed by atoms with Gasteiger partial charge in [0, 0.05) is 12.5 Å². The summed E-state index contributed by atoms with van der Waals surface area (Å²) in [5.74, 6) is 1.74. The van der Waals surface area contributed by atoms with E-state index < -0.39 is 0 Å². The van der Waals surface area contributed by atoms with Crippen molar-refractivity contribution in [1.82, 2.24) is 5.32 Å². The number of carbonyl (C=O) groups excluding carboxylic acids is 1. The quantitative estimate of drug-likeness (QED) is 0.774. The number of fused-ring (bicyclic) bond motifs is 1. The van der Waals surface area contributed by atoms with Gasteiger partial charge in [0.05, 0.1) is 6.04 Å². The molecule has 1 saturated carbocycles. The van der Waals surface area contributed by atoms with Crippen LogP contribution in [0, 0.1) is 11.8 Å². The number of carbonyl (C=O) groups is 1. The molecule has 3 unspecified atom stereocenters. The Morgan fingerprint density at radius 2 is 2.07 bits per heavy atom. The summed E-state index contributed by atoms with van der Waals surface area (Å²) < 4.78 is 0. The molecule has 86 valence electrons. The minimum absolute atomic E-state index is 0.181. The number of Topliss-reactive ketones (excluding diaryl/α,β-unsaturated/α-hetero) is 1. The second kappa shape index (κ2) is 4.65. The van der Waals surface area contributed by atoms with Crippen LogP contribution < -0.4 is 5.32 Å². The molecular formula is C13H23NO. The maximum Gasteiger partial charge on any atom is 0.150 e. The second-order valence-electron chi connectivity index (χ2n) is 5.67. The lowest BCUT2D eigenvalue weighted by Gasteiger charge is -2.24. The standard InChI is InChI=1S/C13H23NO/c1-9(2)7-13(15)12-8-10-5-3-4-6-11(10)14-12/h9-12,14H,3-8H2,1-2H3. The lowest BCUT2D eigenvalue weighted by Crippen LogP contribution is -2.37. The van der Waals surface area contributed by atoms with Gasteiger partial charge in [-0.25, -0.2) is 0 Å². The normalized spacial score (nSPS) is 35.5. The first kappa shape index (κ1) is 11.1. The fraction of sp³-hybridized carbons (Fsp3) is 0.923. The summed E-state index contributed by atoms with van der Waals surface area (Å²) in [6, 6.07) is 0.834. The molecule has 3 atom stereocenters. The van der Waals surface area contributed by atoms with Crippen LogP contribution >= 0.6 is 0 Å². The highest BCUT2D eigenvalue weighted by Gasteiger charge is 2.37. The van der Waals surface area contributed by atoms with Gasteiger partial charge in [0.1, 0.15) is 5.78 Å². The van der Waals surface area contributed by atoms with Crippen molar-refractivity contribution < 1.29 is 4.79 Å². The molecule has 0 spiro atoms. The van der Waals surface area contributed by atoms with Crippen molar-refractivity contribution in [2.24, 2.45) is 11.8 Å².